The first-order valence-electron chi connectivity index (χ1n) is 2.68. The predicted molar refractivity (Wildman–Crippen MR) is 32.6 cm³/mol. The molecule has 0 aliphatic heterocycles. The Hall–Kier alpha value is -0.330. The quantitative estimate of drug-likeness (QED) is 0.522. The van der Waals surface area contributed by atoms with Gasteiger partial charge in [-0.1, -0.05) is 20.3 Å². The Morgan fingerprint density at radius 2 is 2.29 bits per heavy atom. The maximum atomic E-state index is 7.08. The highest BCUT2D eigenvalue weighted by molar-refractivity contribution is 5.88. The van der Waals surface area contributed by atoms with Crippen LogP contribution in [0.5, 0.6) is 0 Å². The molecule has 0 amide bonds. The van der Waals surface area contributed by atoms with Crippen molar-refractivity contribution in [3.8, 4) is 0 Å². The zero-order valence-corrected chi connectivity index (χ0v) is 4.99. The summed E-state index contributed by atoms with van der Waals surface area (Å²) in [5.41, 5.74) is 0.752. The van der Waals surface area contributed by atoms with Crippen molar-refractivity contribution in [1.82, 2.24) is 0 Å². The second-order valence-corrected chi connectivity index (χ2v) is 1.56. The van der Waals surface area contributed by atoms with Crippen LogP contribution in [-0.4, -0.2) is 5.71 Å². The van der Waals surface area contributed by atoms with Crippen LogP contribution in [0.15, 0.2) is 0 Å². The average Bonchev–Trinajstić information content (AvgIpc) is 1.68. The van der Waals surface area contributed by atoms with Crippen LogP contribution in [0.3, 0.4) is 0 Å². The zero-order chi connectivity index (χ0) is 5.70. The van der Waals surface area contributed by atoms with Crippen molar-refractivity contribution in [3.63, 3.8) is 0 Å². The van der Waals surface area contributed by atoms with E-state index < -0.39 is 0 Å². The smallest absolute Gasteiger partial charge is 0.0124 e. The first-order valence-corrected chi connectivity index (χ1v) is 2.68. The van der Waals surface area contributed by atoms with Crippen LogP contribution in [0.1, 0.15) is 26.7 Å². The molecule has 41 valence electrons. The van der Waals surface area contributed by atoms with Crippen LogP contribution < -0.4 is 0 Å². The molecule has 0 aliphatic rings. The van der Waals surface area contributed by atoms with Crippen molar-refractivity contribution in [2.24, 2.45) is 0 Å². The second kappa shape index (κ2) is 3.85. The lowest BCUT2D eigenvalue weighted by molar-refractivity contribution is 0.983. The van der Waals surface area contributed by atoms with Gasteiger partial charge in [0.25, 0.3) is 0 Å². The Bertz CT molecular complexity index is 57.2. The van der Waals surface area contributed by atoms with Crippen molar-refractivity contribution in [1.29, 1.82) is 5.41 Å². The van der Waals surface area contributed by atoms with Gasteiger partial charge in [0.15, 0.2) is 0 Å². The molecule has 1 radical (unpaired) electrons. The van der Waals surface area contributed by atoms with Gasteiger partial charge >= 0.3 is 0 Å². The molecule has 0 aromatic carbocycles. The lowest BCUT2D eigenvalue weighted by atomic mass is 10.2. The number of hydrogen-bond donors (Lipinski definition) is 1. The van der Waals surface area contributed by atoms with E-state index >= 15 is 0 Å². The standard InChI is InChI=1S/C6H12N/c1-3-5-6(7)4-2/h4,7H,3,5H2,1-2H3. The summed E-state index contributed by atoms with van der Waals surface area (Å²) in [6.07, 6.45) is 3.85. The summed E-state index contributed by atoms with van der Waals surface area (Å²) in [7, 11) is 0. The summed E-state index contributed by atoms with van der Waals surface area (Å²) < 4.78 is 0. The van der Waals surface area contributed by atoms with Crippen molar-refractivity contribution in [2.75, 3.05) is 0 Å². The Balaban J connectivity index is 3.00. The van der Waals surface area contributed by atoms with E-state index in [2.05, 4.69) is 6.92 Å². The lowest BCUT2D eigenvalue weighted by Gasteiger charge is -1.91. The molecule has 0 heterocycles. The molecule has 0 aliphatic carbocycles. The van der Waals surface area contributed by atoms with Crippen LogP contribution in [0.25, 0.3) is 0 Å². The molecule has 0 fully saturated rings. The van der Waals surface area contributed by atoms with Crippen LogP contribution in [0.4, 0.5) is 0 Å². The Morgan fingerprint density at radius 3 is 2.43 bits per heavy atom. The van der Waals surface area contributed by atoms with E-state index in [1.54, 1.807) is 0 Å². The van der Waals surface area contributed by atoms with Crippen LogP contribution in [0.2, 0.25) is 0 Å². The third-order valence-electron chi connectivity index (χ3n) is 0.868. The maximum Gasteiger partial charge on any atom is 0.0124 e. The zero-order valence-electron chi connectivity index (χ0n) is 4.99. The monoisotopic (exact) mass is 98.1 g/mol. The molecule has 1 nitrogen and oxygen atoms in total. The summed E-state index contributed by atoms with van der Waals surface area (Å²) in [5, 5.41) is 7.08. The van der Waals surface area contributed by atoms with E-state index in [1.165, 1.54) is 0 Å². The lowest BCUT2D eigenvalue weighted by Crippen LogP contribution is -1.90. The molecule has 0 aromatic rings. The van der Waals surface area contributed by atoms with Crippen LogP contribution in [0, 0.1) is 11.8 Å². The predicted octanol–water partition coefficient (Wildman–Crippen LogP) is 2.03. The topological polar surface area (TPSA) is 23.9 Å². The fourth-order valence-corrected chi connectivity index (χ4v) is 0.414. The molecule has 1 heteroatoms. The highest BCUT2D eigenvalue weighted by Crippen LogP contribution is 1.90. The molecule has 0 aromatic heterocycles. The second-order valence-electron chi connectivity index (χ2n) is 1.56. The summed E-state index contributed by atoms with van der Waals surface area (Å²) in [6, 6.07) is 0. The van der Waals surface area contributed by atoms with Gasteiger partial charge in [0, 0.05) is 12.1 Å². The van der Waals surface area contributed by atoms with Gasteiger partial charge in [-0.2, -0.15) is 0 Å². The first-order chi connectivity index (χ1) is 3.31. The van der Waals surface area contributed by atoms with Gasteiger partial charge in [0.1, 0.15) is 0 Å². The van der Waals surface area contributed by atoms with Crippen LogP contribution >= 0.6 is 0 Å². The summed E-state index contributed by atoms with van der Waals surface area (Å²) in [4.78, 5) is 0. The third-order valence-corrected chi connectivity index (χ3v) is 0.868. The van der Waals surface area contributed by atoms with E-state index in [0.29, 0.717) is 0 Å². The van der Waals surface area contributed by atoms with Gasteiger partial charge in [0.2, 0.25) is 0 Å². The first kappa shape index (κ1) is 6.67. The van der Waals surface area contributed by atoms with E-state index in [-0.39, 0.29) is 0 Å². The summed E-state index contributed by atoms with van der Waals surface area (Å²) >= 11 is 0. The van der Waals surface area contributed by atoms with Crippen molar-refractivity contribution >= 4 is 5.71 Å². The average molecular weight is 98.2 g/mol. The number of hydrogen-bond acceptors (Lipinski definition) is 1. The molecule has 0 saturated carbocycles. The normalized spacial score (nSPS) is 8.86. The minimum atomic E-state index is 0.752. The van der Waals surface area contributed by atoms with Crippen molar-refractivity contribution < 1.29 is 0 Å². The van der Waals surface area contributed by atoms with E-state index in [1.807, 2.05) is 13.3 Å². The Kier molecular flexibility index (Phi) is 3.67. The minimum Gasteiger partial charge on any atom is -0.309 e. The maximum absolute atomic E-state index is 7.08. The van der Waals surface area contributed by atoms with Gasteiger partial charge in [-0.15, -0.1) is 0 Å². The highest BCUT2D eigenvalue weighted by atomic mass is 14.4. The Morgan fingerprint density at radius 1 is 1.71 bits per heavy atom. The summed E-state index contributed by atoms with van der Waals surface area (Å²) in [5.74, 6) is 0. The van der Waals surface area contributed by atoms with E-state index in [9.17, 15) is 0 Å². The third kappa shape index (κ3) is 3.50. The van der Waals surface area contributed by atoms with Gasteiger partial charge in [-0.3, -0.25) is 0 Å². The van der Waals surface area contributed by atoms with Gasteiger partial charge in [0.05, 0.1) is 0 Å². The number of rotatable bonds is 3. The Labute approximate surface area is 45.2 Å². The fourth-order valence-electron chi connectivity index (χ4n) is 0.414. The molecule has 0 rings (SSSR count). The fraction of sp³-hybridized carbons (Fsp3) is 0.667. The molecule has 0 unspecified atom stereocenters. The highest BCUT2D eigenvalue weighted by Gasteiger charge is 1.86. The van der Waals surface area contributed by atoms with Gasteiger partial charge in [-0.25, -0.2) is 0 Å². The molecule has 1 N–H and O–H groups in total. The largest absolute Gasteiger partial charge is 0.309 e. The van der Waals surface area contributed by atoms with Gasteiger partial charge < -0.3 is 5.41 Å². The molecular formula is C6H12N. The number of nitrogens with one attached hydrogen (secondary N) is 1. The minimum absolute atomic E-state index is 0.752. The van der Waals surface area contributed by atoms with E-state index in [4.69, 9.17) is 5.41 Å². The SMILES string of the molecule is C[CH]C(=N)CCC. The molecule has 0 atom stereocenters. The molecular weight excluding hydrogens is 86.1 g/mol. The molecule has 0 saturated heterocycles. The molecule has 7 heavy (non-hydrogen) atoms. The van der Waals surface area contributed by atoms with Crippen molar-refractivity contribution in [3.05, 3.63) is 6.42 Å². The molecule has 0 spiro atoms. The van der Waals surface area contributed by atoms with Crippen LogP contribution in [-0.2, 0) is 0 Å². The van der Waals surface area contributed by atoms with Crippen molar-refractivity contribution in [2.45, 2.75) is 26.7 Å². The van der Waals surface area contributed by atoms with Gasteiger partial charge in [-0.05, 0) is 6.42 Å². The summed E-state index contributed by atoms with van der Waals surface area (Å²) in [6.45, 7) is 3.98. The van der Waals surface area contributed by atoms with E-state index in [0.717, 1.165) is 18.6 Å². The molecule has 0 bridgehead atoms.